The van der Waals surface area contributed by atoms with Crippen LogP contribution in [-0.2, 0) is 0 Å². The van der Waals surface area contributed by atoms with E-state index in [4.69, 9.17) is 23.2 Å². The van der Waals surface area contributed by atoms with Crippen molar-refractivity contribution in [2.45, 2.75) is 0 Å². The summed E-state index contributed by atoms with van der Waals surface area (Å²) in [4.78, 5) is 4.03. The Bertz CT molecular complexity index is 445. The molecule has 14 heavy (non-hydrogen) atoms. The van der Waals surface area contributed by atoms with Crippen LogP contribution >= 0.6 is 23.2 Å². The fourth-order valence-electron chi connectivity index (χ4n) is 1.04. The third kappa shape index (κ3) is 1.84. The van der Waals surface area contributed by atoms with Crippen LogP contribution in [0.25, 0.3) is 11.4 Å². The van der Waals surface area contributed by atoms with Gasteiger partial charge >= 0.3 is 0 Å². The average Bonchev–Trinajstić information content (AvgIpc) is 2.23. The molecule has 0 N–H and O–H groups in total. The van der Waals surface area contributed by atoms with Gasteiger partial charge in [0.05, 0.1) is 11.2 Å². The first-order chi connectivity index (χ1) is 6.77. The normalized spacial score (nSPS) is 10.1. The summed E-state index contributed by atoms with van der Waals surface area (Å²) in [5.41, 5.74) is 0.687. The van der Waals surface area contributed by atoms with Crippen LogP contribution in [0.3, 0.4) is 0 Å². The third-order valence-electron chi connectivity index (χ3n) is 1.65. The van der Waals surface area contributed by atoms with E-state index in [1.165, 1.54) is 6.20 Å². The first kappa shape index (κ1) is 9.37. The maximum absolute atomic E-state index is 5.96. The van der Waals surface area contributed by atoms with Crippen molar-refractivity contribution < 1.29 is 0 Å². The third-order valence-corrected chi connectivity index (χ3v) is 2.22. The van der Waals surface area contributed by atoms with E-state index < -0.39 is 0 Å². The molecule has 1 aromatic carbocycles. The zero-order valence-electron chi connectivity index (χ0n) is 6.98. The van der Waals surface area contributed by atoms with Crippen molar-refractivity contribution >= 4 is 23.2 Å². The van der Waals surface area contributed by atoms with Crippen LogP contribution in [0.1, 0.15) is 0 Å². The van der Waals surface area contributed by atoms with Crippen molar-refractivity contribution in [3.05, 3.63) is 40.6 Å². The van der Waals surface area contributed by atoms with Gasteiger partial charge in [0, 0.05) is 16.8 Å². The Hall–Kier alpha value is -1.19. The Morgan fingerprint density at radius 3 is 2.64 bits per heavy atom. The molecule has 2 aromatic rings. The molecule has 3 nitrogen and oxygen atoms in total. The van der Waals surface area contributed by atoms with Gasteiger partial charge in [-0.15, -0.1) is 5.10 Å². The Labute approximate surface area is 90.7 Å². The summed E-state index contributed by atoms with van der Waals surface area (Å²) >= 11 is 11.8. The lowest BCUT2D eigenvalue weighted by Gasteiger charge is -2.01. The topological polar surface area (TPSA) is 38.7 Å². The molecule has 5 heteroatoms. The van der Waals surface area contributed by atoms with Crippen molar-refractivity contribution in [1.82, 2.24) is 15.2 Å². The maximum atomic E-state index is 5.96. The van der Waals surface area contributed by atoms with E-state index in [9.17, 15) is 0 Å². The van der Waals surface area contributed by atoms with Gasteiger partial charge in [0.25, 0.3) is 0 Å². The molecule has 70 valence electrons. The van der Waals surface area contributed by atoms with E-state index in [1.807, 2.05) is 0 Å². The minimum absolute atomic E-state index is 0.472. The Morgan fingerprint density at radius 1 is 1.07 bits per heavy atom. The Balaban J connectivity index is 2.57. The number of nitrogens with zero attached hydrogens (tertiary/aromatic N) is 3. The molecule has 0 aliphatic rings. The van der Waals surface area contributed by atoms with Gasteiger partial charge in [0.2, 0.25) is 0 Å². The molecule has 0 spiro atoms. The number of hydrogen-bond acceptors (Lipinski definition) is 3. The molecule has 0 bridgehead atoms. The highest BCUT2D eigenvalue weighted by Gasteiger charge is 2.06. The predicted octanol–water partition coefficient (Wildman–Crippen LogP) is 2.85. The molecule has 0 fully saturated rings. The minimum atomic E-state index is 0.472. The molecule has 0 radical (unpaired) electrons. The van der Waals surface area contributed by atoms with Gasteiger partial charge < -0.3 is 0 Å². The highest BCUT2D eigenvalue weighted by atomic mass is 35.5. The van der Waals surface area contributed by atoms with Gasteiger partial charge in [-0.25, -0.2) is 4.98 Å². The van der Waals surface area contributed by atoms with Crippen LogP contribution in [0, 0.1) is 0 Å². The molecular weight excluding hydrogens is 221 g/mol. The minimum Gasteiger partial charge on any atom is -0.233 e. The molecule has 0 saturated carbocycles. The van der Waals surface area contributed by atoms with Crippen molar-refractivity contribution in [2.24, 2.45) is 0 Å². The van der Waals surface area contributed by atoms with Crippen LogP contribution in [-0.4, -0.2) is 15.2 Å². The van der Waals surface area contributed by atoms with E-state index in [1.54, 1.807) is 24.4 Å². The molecule has 0 aliphatic heterocycles. The monoisotopic (exact) mass is 225 g/mol. The number of benzene rings is 1. The molecule has 1 heterocycles. The second kappa shape index (κ2) is 3.90. The Kier molecular flexibility index (Phi) is 2.61. The standard InChI is InChI=1S/C9H5Cl2N3/c10-6-1-2-8(11)7(5-6)9-12-3-4-13-14-9/h1-5H. The molecule has 1 aromatic heterocycles. The van der Waals surface area contributed by atoms with Gasteiger partial charge in [0.15, 0.2) is 5.82 Å². The van der Waals surface area contributed by atoms with E-state index >= 15 is 0 Å². The summed E-state index contributed by atoms with van der Waals surface area (Å²) in [6.45, 7) is 0. The van der Waals surface area contributed by atoms with Crippen molar-refractivity contribution in [2.75, 3.05) is 0 Å². The van der Waals surface area contributed by atoms with Gasteiger partial charge in [-0.3, -0.25) is 0 Å². The maximum Gasteiger partial charge on any atom is 0.183 e. The summed E-state index contributed by atoms with van der Waals surface area (Å²) in [7, 11) is 0. The van der Waals surface area contributed by atoms with Gasteiger partial charge in [0.1, 0.15) is 0 Å². The second-order valence-corrected chi connectivity index (χ2v) is 3.43. The van der Waals surface area contributed by atoms with E-state index in [-0.39, 0.29) is 0 Å². The summed E-state index contributed by atoms with van der Waals surface area (Å²) in [6.07, 6.45) is 3.06. The lowest BCUT2D eigenvalue weighted by atomic mass is 10.2. The van der Waals surface area contributed by atoms with Gasteiger partial charge in [-0.2, -0.15) is 5.10 Å². The number of halogens is 2. The van der Waals surface area contributed by atoms with Crippen molar-refractivity contribution in [3.8, 4) is 11.4 Å². The fourth-order valence-corrected chi connectivity index (χ4v) is 1.41. The van der Waals surface area contributed by atoms with E-state index in [2.05, 4.69) is 15.2 Å². The molecule has 2 rings (SSSR count). The summed E-state index contributed by atoms with van der Waals surface area (Å²) in [5.74, 6) is 0.472. The molecule has 0 amide bonds. The summed E-state index contributed by atoms with van der Waals surface area (Å²) in [6, 6.07) is 5.13. The second-order valence-electron chi connectivity index (χ2n) is 2.59. The van der Waals surface area contributed by atoms with E-state index in [0.717, 1.165) is 0 Å². The van der Waals surface area contributed by atoms with Gasteiger partial charge in [-0.1, -0.05) is 23.2 Å². The highest BCUT2D eigenvalue weighted by Crippen LogP contribution is 2.27. The van der Waals surface area contributed by atoms with Crippen molar-refractivity contribution in [3.63, 3.8) is 0 Å². The molecule has 0 aliphatic carbocycles. The fraction of sp³-hybridized carbons (Fsp3) is 0. The highest BCUT2D eigenvalue weighted by molar-refractivity contribution is 6.35. The molecular formula is C9H5Cl2N3. The zero-order chi connectivity index (χ0) is 9.97. The number of aromatic nitrogens is 3. The van der Waals surface area contributed by atoms with E-state index in [0.29, 0.717) is 21.4 Å². The van der Waals surface area contributed by atoms with Crippen LogP contribution < -0.4 is 0 Å². The zero-order valence-corrected chi connectivity index (χ0v) is 8.50. The lowest BCUT2D eigenvalue weighted by Crippen LogP contribution is -1.90. The SMILES string of the molecule is Clc1ccc(Cl)c(-c2nccnn2)c1. The number of hydrogen-bond donors (Lipinski definition) is 0. The van der Waals surface area contributed by atoms with Crippen LogP contribution in [0.5, 0.6) is 0 Å². The Morgan fingerprint density at radius 2 is 1.93 bits per heavy atom. The predicted molar refractivity (Wildman–Crippen MR) is 55.3 cm³/mol. The lowest BCUT2D eigenvalue weighted by molar-refractivity contribution is 0.980. The summed E-state index contributed by atoms with van der Waals surface area (Å²) < 4.78 is 0. The smallest absolute Gasteiger partial charge is 0.183 e. The summed E-state index contributed by atoms with van der Waals surface area (Å²) in [5, 5.41) is 8.72. The quantitative estimate of drug-likeness (QED) is 0.750. The largest absolute Gasteiger partial charge is 0.233 e. The van der Waals surface area contributed by atoms with Crippen molar-refractivity contribution in [1.29, 1.82) is 0 Å². The number of rotatable bonds is 1. The van der Waals surface area contributed by atoms with Crippen LogP contribution in [0.2, 0.25) is 10.0 Å². The first-order valence-corrected chi connectivity index (χ1v) is 4.62. The first-order valence-electron chi connectivity index (χ1n) is 3.86. The molecule has 0 atom stereocenters. The average molecular weight is 226 g/mol. The molecule has 0 saturated heterocycles. The van der Waals surface area contributed by atoms with Crippen LogP contribution in [0.15, 0.2) is 30.6 Å². The van der Waals surface area contributed by atoms with Crippen LogP contribution in [0.4, 0.5) is 0 Å². The molecule has 0 unspecified atom stereocenters. The van der Waals surface area contributed by atoms with Gasteiger partial charge in [-0.05, 0) is 18.2 Å².